The second kappa shape index (κ2) is 5.39. The highest BCUT2D eigenvalue weighted by atomic mass is 16.5. The number of H-pyrrole nitrogens is 1. The summed E-state index contributed by atoms with van der Waals surface area (Å²) in [5.74, 6) is -0.230. The number of nitrogens with one attached hydrogen (secondary N) is 2. The van der Waals surface area contributed by atoms with E-state index >= 15 is 0 Å². The van der Waals surface area contributed by atoms with Crippen LogP contribution in [-0.2, 0) is 16.1 Å². The summed E-state index contributed by atoms with van der Waals surface area (Å²) in [6.07, 6.45) is 2.39. The van der Waals surface area contributed by atoms with Gasteiger partial charge in [0.25, 0.3) is 0 Å². The number of methoxy groups -OCH3 is 1. The van der Waals surface area contributed by atoms with E-state index in [0.29, 0.717) is 13.0 Å². The Balaban J connectivity index is 2.38. The zero-order valence-electron chi connectivity index (χ0n) is 8.41. The molecule has 1 aromatic rings. The lowest BCUT2D eigenvalue weighted by Crippen LogP contribution is -2.36. The molecule has 0 fully saturated rings. The number of hydrogen-bond acceptors (Lipinski definition) is 4. The molecule has 0 amide bonds. The Hall–Kier alpha value is -1.36. The molecule has 1 atom stereocenters. The maximum absolute atomic E-state index is 11.2. The molecule has 78 valence electrons. The van der Waals surface area contributed by atoms with Gasteiger partial charge in [0.2, 0.25) is 0 Å². The van der Waals surface area contributed by atoms with Gasteiger partial charge in [-0.25, -0.2) is 0 Å². The third-order valence-corrected chi connectivity index (χ3v) is 1.99. The van der Waals surface area contributed by atoms with E-state index < -0.39 is 0 Å². The molecule has 0 radical (unpaired) electrons. The molecule has 5 heteroatoms. The van der Waals surface area contributed by atoms with E-state index in [1.807, 2.05) is 13.0 Å². The molecular weight excluding hydrogens is 182 g/mol. The van der Waals surface area contributed by atoms with Gasteiger partial charge in [0.15, 0.2) is 0 Å². The number of carbonyl (C=O) groups is 1. The van der Waals surface area contributed by atoms with Gasteiger partial charge in [-0.05, 0) is 12.5 Å². The Morgan fingerprint density at radius 1 is 1.79 bits per heavy atom. The van der Waals surface area contributed by atoms with E-state index in [9.17, 15) is 4.79 Å². The minimum absolute atomic E-state index is 0.230. The summed E-state index contributed by atoms with van der Waals surface area (Å²) in [5.41, 5.74) is 0.951. The van der Waals surface area contributed by atoms with Crippen LogP contribution >= 0.6 is 0 Å². The molecule has 0 saturated heterocycles. The van der Waals surface area contributed by atoms with Crippen LogP contribution in [0.4, 0.5) is 0 Å². The predicted octanol–water partition coefficient (Wildman–Crippen LogP) is 0.451. The van der Waals surface area contributed by atoms with Crippen molar-refractivity contribution in [1.82, 2.24) is 15.5 Å². The highest BCUT2D eigenvalue weighted by Gasteiger charge is 2.15. The topological polar surface area (TPSA) is 67.0 Å². The summed E-state index contributed by atoms with van der Waals surface area (Å²) in [4.78, 5) is 11.2. The standard InChI is InChI=1S/C9H15N3O2/c1-3-8(9(13)14-2)10-6-7-4-5-11-12-7/h4-5,8,10H,3,6H2,1-2H3,(H,11,12). The summed E-state index contributed by atoms with van der Waals surface area (Å²) >= 11 is 0. The number of carbonyl (C=O) groups excluding carboxylic acids is 1. The zero-order valence-corrected chi connectivity index (χ0v) is 8.41. The van der Waals surface area contributed by atoms with Gasteiger partial charge in [0, 0.05) is 18.4 Å². The lowest BCUT2D eigenvalue weighted by molar-refractivity contribution is -0.143. The number of nitrogens with zero attached hydrogens (tertiary/aromatic N) is 1. The first-order valence-electron chi connectivity index (χ1n) is 4.57. The van der Waals surface area contributed by atoms with Crippen molar-refractivity contribution in [2.75, 3.05) is 7.11 Å². The monoisotopic (exact) mass is 197 g/mol. The quantitative estimate of drug-likeness (QED) is 0.672. The fraction of sp³-hybridized carbons (Fsp3) is 0.556. The first-order chi connectivity index (χ1) is 6.77. The smallest absolute Gasteiger partial charge is 0.322 e. The molecule has 14 heavy (non-hydrogen) atoms. The maximum Gasteiger partial charge on any atom is 0.322 e. The van der Waals surface area contributed by atoms with Gasteiger partial charge < -0.3 is 4.74 Å². The summed E-state index contributed by atoms with van der Waals surface area (Å²) in [6, 6.07) is 1.61. The first kappa shape index (κ1) is 10.7. The SMILES string of the molecule is CCC(NCc1ccn[nH]1)C(=O)OC. The van der Waals surface area contributed by atoms with Crippen molar-refractivity contribution in [1.29, 1.82) is 0 Å². The third-order valence-electron chi connectivity index (χ3n) is 1.99. The fourth-order valence-electron chi connectivity index (χ4n) is 1.15. The first-order valence-corrected chi connectivity index (χ1v) is 4.57. The van der Waals surface area contributed by atoms with Gasteiger partial charge in [0.1, 0.15) is 6.04 Å². The van der Waals surface area contributed by atoms with E-state index in [1.54, 1.807) is 6.20 Å². The van der Waals surface area contributed by atoms with E-state index in [1.165, 1.54) is 7.11 Å². The Morgan fingerprint density at radius 3 is 3.07 bits per heavy atom. The summed E-state index contributed by atoms with van der Waals surface area (Å²) in [5, 5.41) is 9.70. The number of esters is 1. The average molecular weight is 197 g/mol. The van der Waals surface area contributed by atoms with Gasteiger partial charge in [-0.2, -0.15) is 5.10 Å². The van der Waals surface area contributed by atoms with Crippen molar-refractivity contribution < 1.29 is 9.53 Å². The molecule has 0 spiro atoms. The lowest BCUT2D eigenvalue weighted by atomic mass is 10.2. The van der Waals surface area contributed by atoms with Gasteiger partial charge in [0.05, 0.1) is 7.11 Å². The molecule has 2 N–H and O–H groups in total. The summed E-state index contributed by atoms with van der Waals surface area (Å²) < 4.78 is 4.65. The van der Waals surface area contributed by atoms with Crippen molar-refractivity contribution in [3.8, 4) is 0 Å². The molecule has 1 rings (SSSR count). The number of hydrogen-bond donors (Lipinski definition) is 2. The van der Waals surface area contributed by atoms with Gasteiger partial charge >= 0.3 is 5.97 Å². The second-order valence-corrected chi connectivity index (χ2v) is 2.95. The molecule has 0 aliphatic heterocycles. The number of ether oxygens (including phenoxy) is 1. The molecule has 1 unspecified atom stereocenters. The lowest BCUT2D eigenvalue weighted by Gasteiger charge is -2.13. The van der Waals surface area contributed by atoms with Crippen LogP contribution in [0.2, 0.25) is 0 Å². The molecule has 0 bridgehead atoms. The number of aromatic amines is 1. The summed E-state index contributed by atoms with van der Waals surface area (Å²) in [7, 11) is 1.39. The van der Waals surface area contributed by atoms with E-state index in [4.69, 9.17) is 0 Å². The maximum atomic E-state index is 11.2. The van der Waals surface area contributed by atoms with Gasteiger partial charge in [-0.1, -0.05) is 6.92 Å². The van der Waals surface area contributed by atoms with E-state index in [0.717, 1.165) is 5.69 Å². The van der Waals surface area contributed by atoms with Crippen LogP contribution in [0.5, 0.6) is 0 Å². The van der Waals surface area contributed by atoms with Crippen molar-refractivity contribution >= 4 is 5.97 Å². The Kier molecular flexibility index (Phi) is 4.12. The average Bonchev–Trinajstić information content (AvgIpc) is 2.71. The van der Waals surface area contributed by atoms with E-state index in [2.05, 4.69) is 20.3 Å². The van der Waals surface area contributed by atoms with Crippen LogP contribution in [0.25, 0.3) is 0 Å². The van der Waals surface area contributed by atoms with Gasteiger partial charge in [-0.15, -0.1) is 0 Å². The molecule has 0 aliphatic carbocycles. The van der Waals surface area contributed by atoms with Crippen molar-refractivity contribution in [3.63, 3.8) is 0 Å². The molecule has 0 aliphatic rings. The van der Waals surface area contributed by atoms with Crippen LogP contribution in [0, 0.1) is 0 Å². The molecule has 0 aromatic carbocycles. The highest BCUT2D eigenvalue weighted by molar-refractivity contribution is 5.75. The molecule has 1 heterocycles. The fourth-order valence-corrected chi connectivity index (χ4v) is 1.15. The van der Waals surface area contributed by atoms with Crippen LogP contribution in [-0.4, -0.2) is 29.3 Å². The summed E-state index contributed by atoms with van der Waals surface area (Å²) in [6.45, 7) is 2.52. The molecule has 5 nitrogen and oxygen atoms in total. The molecule has 0 saturated carbocycles. The third kappa shape index (κ3) is 2.85. The normalized spacial score (nSPS) is 12.4. The Morgan fingerprint density at radius 2 is 2.57 bits per heavy atom. The van der Waals surface area contributed by atoms with E-state index in [-0.39, 0.29) is 12.0 Å². The largest absolute Gasteiger partial charge is 0.468 e. The van der Waals surface area contributed by atoms with Crippen LogP contribution in [0.15, 0.2) is 12.3 Å². The van der Waals surface area contributed by atoms with Crippen molar-refractivity contribution in [2.24, 2.45) is 0 Å². The minimum Gasteiger partial charge on any atom is -0.468 e. The molecular formula is C9H15N3O2. The van der Waals surface area contributed by atoms with Crippen molar-refractivity contribution in [2.45, 2.75) is 25.9 Å². The Bertz CT molecular complexity index is 272. The minimum atomic E-state index is -0.247. The Labute approximate surface area is 82.8 Å². The van der Waals surface area contributed by atoms with Gasteiger partial charge in [-0.3, -0.25) is 15.2 Å². The second-order valence-electron chi connectivity index (χ2n) is 2.95. The van der Waals surface area contributed by atoms with Crippen LogP contribution in [0.3, 0.4) is 0 Å². The highest BCUT2D eigenvalue weighted by Crippen LogP contribution is 1.97. The number of aromatic nitrogens is 2. The number of rotatable bonds is 5. The zero-order chi connectivity index (χ0) is 10.4. The van der Waals surface area contributed by atoms with Crippen LogP contribution < -0.4 is 5.32 Å². The van der Waals surface area contributed by atoms with Crippen molar-refractivity contribution in [3.05, 3.63) is 18.0 Å². The predicted molar refractivity (Wildman–Crippen MR) is 51.5 cm³/mol. The van der Waals surface area contributed by atoms with Crippen LogP contribution in [0.1, 0.15) is 19.0 Å². The molecule has 1 aromatic heterocycles.